The summed E-state index contributed by atoms with van der Waals surface area (Å²) in [6, 6.07) is 9.19. The van der Waals surface area contributed by atoms with E-state index in [0.717, 1.165) is 17.7 Å². The lowest BCUT2D eigenvalue weighted by atomic mass is 10.0. The standard InChI is InChI=1S/C24H26F2N2O6S/c1-24(2,30)14-33-22-12-23(29)28(3)13-18(22)17-10-15(8-9-27-35(31)32)4-6-20(17)34-21-7-5-16(25)11-19(21)26/h4-7,10-13,27,30H,8-9,14H2,1-3H3,(H,31,32). The topological polar surface area (TPSA) is 110 Å². The van der Waals surface area contributed by atoms with E-state index in [4.69, 9.17) is 14.0 Å². The maximum atomic E-state index is 14.3. The third kappa shape index (κ3) is 7.43. The van der Waals surface area contributed by atoms with Crippen molar-refractivity contribution in [3.63, 3.8) is 0 Å². The molecule has 0 spiro atoms. The monoisotopic (exact) mass is 508 g/mol. The van der Waals surface area contributed by atoms with E-state index in [1.165, 1.54) is 16.8 Å². The predicted molar refractivity (Wildman–Crippen MR) is 128 cm³/mol. The number of aromatic nitrogens is 1. The van der Waals surface area contributed by atoms with Crippen molar-refractivity contribution in [2.24, 2.45) is 7.05 Å². The average Bonchev–Trinajstić information content (AvgIpc) is 2.76. The van der Waals surface area contributed by atoms with E-state index >= 15 is 0 Å². The minimum absolute atomic E-state index is 0.109. The minimum Gasteiger partial charge on any atom is -0.490 e. The fourth-order valence-electron chi connectivity index (χ4n) is 3.18. The van der Waals surface area contributed by atoms with E-state index in [9.17, 15) is 22.9 Å². The molecule has 0 amide bonds. The first-order valence-electron chi connectivity index (χ1n) is 10.6. The number of nitrogens with one attached hydrogen (secondary N) is 1. The van der Waals surface area contributed by atoms with Gasteiger partial charge in [-0.3, -0.25) is 9.35 Å². The lowest BCUT2D eigenvalue weighted by Gasteiger charge is -2.21. The van der Waals surface area contributed by atoms with Crippen molar-refractivity contribution in [1.82, 2.24) is 9.29 Å². The molecule has 0 saturated heterocycles. The van der Waals surface area contributed by atoms with Gasteiger partial charge in [0.2, 0.25) is 11.3 Å². The first-order chi connectivity index (χ1) is 16.4. The summed E-state index contributed by atoms with van der Waals surface area (Å²) in [7, 11) is 1.55. The normalized spacial score (nSPS) is 12.4. The number of aryl methyl sites for hydroxylation is 1. The van der Waals surface area contributed by atoms with Crippen molar-refractivity contribution >= 4 is 11.3 Å². The number of ether oxygens (including phenoxy) is 2. The number of hydrogen-bond acceptors (Lipinski definition) is 5. The predicted octanol–water partition coefficient (Wildman–Crippen LogP) is 3.54. The Morgan fingerprint density at radius 3 is 2.43 bits per heavy atom. The molecule has 1 heterocycles. The molecule has 1 unspecified atom stereocenters. The Kier molecular flexibility index (Phi) is 8.39. The van der Waals surface area contributed by atoms with Crippen LogP contribution in [0.25, 0.3) is 11.1 Å². The number of aliphatic hydroxyl groups is 1. The van der Waals surface area contributed by atoms with E-state index in [-0.39, 0.29) is 36.0 Å². The summed E-state index contributed by atoms with van der Waals surface area (Å²) in [5.41, 5.74) is 0.0687. The van der Waals surface area contributed by atoms with Gasteiger partial charge < -0.3 is 19.1 Å². The van der Waals surface area contributed by atoms with Crippen LogP contribution in [0.5, 0.6) is 17.2 Å². The van der Waals surface area contributed by atoms with Crippen LogP contribution in [-0.2, 0) is 24.7 Å². The summed E-state index contributed by atoms with van der Waals surface area (Å²) in [6.45, 7) is 3.20. The molecule has 0 aliphatic carbocycles. The van der Waals surface area contributed by atoms with Crippen LogP contribution in [0.3, 0.4) is 0 Å². The van der Waals surface area contributed by atoms with Gasteiger partial charge in [-0.15, -0.1) is 0 Å². The fraction of sp³-hybridized carbons (Fsp3) is 0.292. The molecular formula is C24H26F2N2O6S. The van der Waals surface area contributed by atoms with E-state index in [1.54, 1.807) is 39.1 Å². The summed E-state index contributed by atoms with van der Waals surface area (Å²) < 4.78 is 62.8. The van der Waals surface area contributed by atoms with Crippen LogP contribution in [0, 0.1) is 11.6 Å². The van der Waals surface area contributed by atoms with Gasteiger partial charge in [-0.05, 0) is 50.1 Å². The Balaban J connectivity index is 2.11. The van der Waals surface area contributed by atoms with Gasteiger partial charge in [-0.25, -0.2) is 17.7 Å². The van der Waals surface area contributed by atoms with Gasteiger partial charge in [0.1, 0.15) is 23.9 Å². The molecule has 1 aromatic heterocycles. The molecule has 11 heteroatoms. The van der Waals surface area contributed by atoms with Crippen molar-refractivity contribution in [3.05, 3.63) is 76.2 Å². The molecule has 35 heavy (non-hydrogen) atoms. The van der Waals surface area contributed by atoms with Crippen molar-refractivity contribution in [2.75, 3.05) is 13.2 Å². The maximum absolute atomic E-state index is 14.3. The van der Waals surface area contributed by atoms with Gasteiger partial charge in [0.25, 0.3) is 5.56 Å². The van der Waals surface area contributed by atoms with E-state index in [2.05, 4.69) is 4.72 Å². The summed E-state index contributed by atoms with van der Waals surface area (Å²) in [6.07, 6.45) is 1.90. The molecular weight excluding hydrogens is 482 g/mol. The van der Waals surface area contributed by atoms with Crippen LogP contribution in [0.4, 0.5) is 8.78 Å². The van der Waals surface area contributed by atoms with Gasteiger partial charge in [0, 0.05) is 43.0 Å². The Labute approximate surface area is 203 Å². The first-order valence-corrected chi connectivity index (χ1v) is 11.7. The highest BCUT2D eigenvalue weighted by atomic mass is 32.2. The Morgan fingerprint density at radius 1 is 1.06 bits per heavy atom. The van der Waals surface area contributed by atoms with Crippen molar-refractivity contribution in [3.8, 4) is 28.4 Å². The summed E-state index contributed by atoms with van der Waals surface area (Å²) in [4.78, 5) is 12.3. The molecule has 0 bridgehead atoms. The molecule has 3 aromatic rings. The Bertz CT molecular complexity index is 1290. The van der Waals surface area contributed by atoms with Gasteiger partial charge in [-0.2, -0.15) is 0 Å². The molecule has 8 nitrogen and oxygen atoms in total. The van der Waals surface area contributed by atoms with Crippen LogP contribution in [-0.4, -0.2) is 37.2 Å². The molecule has 0 fully saturated rings. The number of nitrogens with zero attached hydrogens (tertiary/aromatic N) is 1. The number of rotatable bonds is 10. The van der Waals surface area contributed by atoms with Crippen LogP contribution < -0.4 is 19.8 Å². The van der Waals surface area contributed by atoms with E-state index in [0.29, 0.717) is 23.6 Å². The van der Waals surface area contributed by atoms with E-state index in [1.807, 2.05) is 0 Å². The van der Waals surface area contributed by atoms with Crippen LogP contribution in [0.2, 0.25) is 0 Å². The van der Waals surface area contributed by atoms with Gasteiger partial charge in [-0.1, -0.05) is 6.07 Å². The number of pyridine rings is 1. The van der Waals surface area contributed by atoms with Crippen molar-refractivity contribution in [1.29, 1.82) is 0 Å². The SMILES string of the molecule is Cn1cc(-c2cc(CCNS(=O)O)ccc2Oc2ccc(F)cc2F)c(OCC(C)(C)O)cc1=O. The minimum atomic E-state index is -2.17. The van der Waals surface area contributed by atoms with Crippen LogP contribution >= 0.6 is 0 Å². The number of benzene rings is 2. The summed E-state index contributed by atoms with van der Waals surface area (Å²) in [5.74, 6) is -1.48. The average molecular weight is 509 g/mol. The molecule has 0 radical (unpaired) electrons. The van der Waals surface area contributed by atoms with Gasteiger partial charge >= 0.3 is 0 Å². The van der Waals surface area contributed by atoms with E-state index < -0.39 is 28.5 Å². The summed E-state index contributed by atoms with van der Waals surface area (Å²) >= 11 is -2.17. The van der Waals surface area contributed by atoms with Gasteiger partial charge in [0.05, 0.1) is 5.60 Å². The molecule has 2 aromatic carbocycles. The number of hydrogen-bond donors (Lipinski definition) is 3. The largest absolute Gasteiger partial charge is 0.490 e. The highest BCUT2D eigenvalue weighted by Gasteiger charge is 2.20. The highest BCUT2D eigenvalue weighted by molar-refractivity contribution is 7.77. The maximum Gasteiger partial charge on any atom is 0.254 e. The highest BCUT2D eigenvalue weighted by Crippen LogP contribution is 2.39. The molecule has 0 saturated carbocycles. The second kappa shape index (κ2) is 11.1. The molecule has 0 aliphatic rings. The Morgan fingerprint density at radius 2 is 1.77 bits per heavy atom. The molecule has 3 rings (SSSR count). The second-order valence-electron chi connectivity index (χ2n) is 8.50. The molecule has 0 aliphatic heterocycles. The zero-order chi connectivity index (χ0) is 25.8. The summed E-state index contributed by atoms with van der Waals surface area (Å²) in [5, 5.41) is 10.1. The van der Waals surface area contributed by atoms with Crippen molar-refractivity contribution < 1.29 is 32.1 Å². The van der Waals surface area contributed by atoms with Crippen LogP contribution in [0.15, 0.2) is 53.5 Å². The molecule has 3 N–H and O–H groups in total. The zero-order valence-corrected chi connectivity index (χ0v) is 20.2. The number of halogens is 2. The first kappa shape index (κ1) is 26.5. The Hall–Kier alpha value is -3.12. The third-order valence-corrected chi connectivity index (χ3v) is 5.31. The lowest BCUT2D eigenvalue weighted by Crippen LogP contribution is -2.28. The third-order valence-electron chi connectivity index (χ3n) is 4.86. The fourth-order valence-corrected chi connectivity index (χ4v) is 3.46. The second-order valence-corrected chi connectivity index (χ2v) is 9.29. The zero-order valence-electron chi connectivity index (χ0n) is 19.4. The quantitative estimate of drug-likeness (QED) is 0.362. The lowest BCUT2D eigenvalue weighted by molar-refractivity contribution is 0.0286. The van der Waals surface area contributed by atoms with Crippen LogP contribution in [0.1, 0.15) is 19.4 Å². The van der Waals surface area contributed by atoms with Crippen molar-refractivity contribution in [2.45, 2.75) is 25.9 Å². The molecule has 188 valence electrons. The molecule has 1 atom stereocenters. The van der Waals surface area contributed by atoms with Gasteiger partial charge in [0.15, 0.2) is 11.6 Å². The smallest absolute Gasteiger partial charge is 0.254 e.